The van der Waals surface area contributed by atoms with Gasteiger partial charge >= 0.3 is 0 Å². The molecule has 0 bridgehead atoms. The SMILES string of the molecule is CCOc1cccc(C2/C(=C(\O)c3ccccc3)C(=O)C(=O)N2c2cccc(Cl)c2)c1. The number of benzene rings is 3. The Morgan fingerprint density at radius 3 is 2.45 bits per heavy atom. The van der Waals surface area contributed by atoms with E-state index in [1.165, 1.54) is 4.90 Å². The van der Waals surface area contributed by atoms with E-state index in [4.69, 9.17) is 16.3 Å². The van der Waals surface area contributed by atoms with Crippen LogP contribution < -0.4 is 9.64 Å². The van der Waals surface area contributed by atoms with E-state index < -0.39 is 17.7 Å². The average Bonchev–Trinajstić information content (AvgIpc) is 3.05. The first-order valence-electron chi connectivity index (χ1n) is 9.86. The van der Waals surface area contributed by atoms with E-state index in [1.807, 2.05) is 13.0 Å². The van der Waals surface area contributed by atoms with E-state index >= 15 is 0 Å². The number of hydrogen-bond donors (Lipinski definition) is 1. The summed E-state index contributed by atoms with van der Waals surface area (Å²) in [6.45, 7) is 2.35. The van der Waals surface area contributed by atoms with Crippen molar-refractivity contribution in [3.05, 3.63) is 101 Å². The number of ether oxygens (including phenoxy) is 1. The molecule has 156 valence electrons. The van der Waals surface area contributed by atoms with Gasteiger partial charge in [0.1, 0.15) is 11.5 Å². The van der Waals surface area contributed by atoms with Crippen molar-refractivity contribution >= 4 is 34.7 Å². The van der Waals surface area contributed by atoms with Gasteiger partial charge in [-0.1, -0.05) is 60.1 Å². The van der Waals surface area contributed by atoms with Gasteiger partial charge in [-0.2, -0.15) is 0 Å². The number of halogens is 1. The van der Waals surface area contributed by atoms with Gasteiger partial charge in [0.15, 0.2) is 0 Å². The van der Waals surface area contributed by atoms with E-state index in [1.54, 1.807) is 72.8 Å². The molecule has 1 saturated heterocycles. The van der Waals surface area contributed by atoms with Crippen LogP contribution in [0.25, 0.3) is 5.76 Å². The molecule has 3 aromatic rings. The molecule has 0 saturated carbocycles. The van der Waals surface area contributed by atoms with Gasteiger partial charge < -0.3 is 9.84 Å². The van der Waals surface area contributed by atoms with Crippen molar-refractivity contribution in [1.29, 1.82) is 0 Å². The van der Waals surface area contributed by atoms with E-state index in [2.05, 4.69) is 0 Å². The molecule has 1 N–H and O–H groups in total. The molecule has 1 heterocycles. The monoisotopic (exact) mass is 433 g/mol. The smallest absolute Gasteiger partial charge is 0.300 e. The number of Topliss-reactive ketones (excluding diaryl/α,β-unsaturated/α-hetero) is 1. The molecule has 0 aliphatic carbocycles. The highest BCUT2D eigenvalue weighted by molar-refractivity contribution is 6.51. The summed E-state index contributed by atoms with van der Waals surface area (Å²) < 4.78 is 5.61. The van der Waals surface area contributed by atoms with Gasteiger partial charge in [0.05, 0.1) is 18.2 Å². The molecule has 0 spiro atoms. The van der Waals surface area contributed by atoms with Gasteiger partial charge in [-0.05, 0) is 42.8 Å². The predicted molar refractivity (Wildman–Crippen MR) is 120 cm³/mol. The molecule has 1 aliphatic heterocycles. The lowest BCUT2D eigenvalue weighted by atomic mass is 9.95. The van der Waals surface area contributed by atoms with Crippen LogP contribution in [-0.2, 0) is 9.59 Å². The van der Waals surface area contributed by atoms with Crippen LogP contribution in [0.15, 0.2) is 84.4 Å². The Morgan fingerprint density at radius 1 is 1.00 bits per heavy atom. The van der Waals surface area contributed by atoms with Gasteiger partial charge in [-0.15, -0.1) is 0 Å². The van der Waals surface area contributed by atoms with Crippen molar-refractivity contribution in [2.75, 3.05) is 11.5 Å². The van der Waals surface area contributed by atoms with E-state index in [-0.39, 0.29) is 11.3 Å². The van der Waals surface area contributed by atoms with Gasteiger partial charge in [0.25, 0.3) is 11.7 Å². The van der Waals surface area contributed by atoms with Crippen LogP contribution in [0.5, 0.6) is 5.75 Å². The molecule has 0 radical (unpaired) electrons. The number of nitrogens with zero attached hydrogens (tertiary/aromatic N) is 1. The van der Waals surface area contributed by atoms with Crippen molar-refractivity contribution in [1.82, 2.24) is 0 Å². The summed E-state index contributed by atoms with van der Waals surface area (Å²) in [5.41, 5.74) is 1.58. The maximum Gasteiger partial charge on any atom is 0.300 e. The first-order chi connectivity index (χ1) is 15.0. The van der Waals surface area contributed by atoms with Crippen LogP contribution >= 0.6 is 11.6 Å². The second kappa shape index (κ2) is 8.66. The van der Waals surface area contributed by atoms with Gasteiger partial charge in [-0.25, -0.2) is 0 Å². The summed E-state index contributed by atoms with van der Waals surface area (Å²) in [7, 11) is 0. The van der Waals surface area contributed by atoms with Crippen molar-refractivity contribution in [2.45, 2.75) is 13.0 Å². The summed E-state index contributed by atoms with van der Waals surface area (Å²) in [5, 5.41) is 11.5. The van der Waals surface area contributed by atoms with Crippen LogP contribution in [0.1, 0.15) is 24.1 Å². The Balaban J connectivity index is 1.95. The third-order valence-electron chi connectivity index (χ3n) is 5.06. The molecule has 6 heteroatoms. The molecule has 1 fully saturated rings. The van der Waals surface area contributed by atoms with Gasteiger partial charge in [-0.3, -0.25) is 14.5 Å². The Bertz CT molecular complexity index is 1170. The largest absolute Gasteiger partial charge is 0.507 e. The number of carbonyl (C=O) groups excluding carboxylic acids is 2. The number of aliphatic hydroxyl groups excluding tert-OH is 1. The van der Waals surface area contributed by atoms with Crippen LogP contribution in [0.4, 0.5) is 5.69 Å². The average molecular weight is 434 g/mol. The number of amides is 1. The zero-order valence-electron chi connectivity index (χ0n) is 16.8. The number of carbonyl (C=O) groups is 2. The molecule has 4 rings (SSSR count). The van der Waals surface area contributed by atoms with Crippen LogP contribution in [0.2, 0.25) is 5.02 Å². The summed E-state index contributed by atoms with van der Waals surface area (Å²) in [6.07, 6.45) is 0. The Labute approximate surface area is 185 Å². The summed E-state index contributed by atoms with van der Waals surface area (Å²) in [4.78, 5) is 27.6. The molecular weight excluding hydrogens is 414 g/mol. The summed E-state index contributed by atoms with van der Waals surface area (Å²) in [5.74, 6) is -1.11. The second-order valence-electron chi connectivity index (χ2n) is 7.02. The van der Waals surface area contributed by atoms with Gasteiger partial charge in [0, 0.05) is 16.3 Å². The number of hydrogen-bond acceptors (Lipinski definition) is 4. The topological polar surface area (TPSA) is 66.8 Å². The highest BCUT2D eigenvalue weighted by atomic mass is 35.5. The lowest BCUT2D eigenvalue weighted by Crippen LogP contribution is -2.29. The fraction of sp³-hybridized carbons (Fsp3) is 0.120. The predicted octanol–water partition coefficient (Wildman–Crippen LogP) is 5.37. The standard InChI is InChI=1S/C25H20ClNO4/c1-2-31-20-13-6-10-17(14-20)22-21(23(28)16-8-4-3-5-9-16)24(29)25(30)27(22)19-12-7-11-18(26)15-19/h3-15,22,28H,2H2,1H3/b23-21+. The molecule has 0 aromatic heterocycles. The van der Waals surface area contributed by atoms with Crippen molar-refractivity contribution in [2.24, 2.45) is 0 Å². The minimum absolute atomic E-state index is 0.0184. The molecule has 1 unspecified atom stereocenters. The third kappa shape index (κ3) is 3.92. The van der Waals surface area contributed by atoms with E-state index in [9.17, 15) is 14.7 Å². The molecule has 5 nitrogen and oxygen atoms in total. The molecule has 31 heavy (non-hydrogen) atoms. The maximum absolute atomic E-state index is 13.1. The maximum atomic E-state index is 13.1. The number of aliphatic hydroxyl groups is 1. The normalized spacial score (nSPS) is 17.7. The molecular formula is C25H20ClNO4. The minimum atomic E-state index is -0.834. The van der Waals surface area contributed by atoms with Crippen LogP contribution in [-0.4, -0.2) is 23.4 Å². The zero-order valence-corrected chi connectivity index (χ0v) is 17.5. The third-order valence-corrected chi connectivity index (χ3v) is 5.30. The second-order valence-corrected chi connectivity index (χ2v) is 7.46. The van der Waals surface area contributed by atoms with E-state index in [0.717, 1.165) is 0 Å². The summed E-state index contributed by atoms with van der Waals surface area (Å²) in [6, 6.07) is 21.8. The van der Waals surface area contributed by atoms with Crippen molar-refractivity contribution in [3.8, 4) is 5.75 Å². The number of anilines is 1. The lowest BCUT2D eigenvalue weighted by molar-refractivity contribution is -0.132. The van der Waals surface area contributed by atoms with Crippen LogP contribution in [0, 0.1) is 0 Å². The Hall–Kier alpha value is -3.57. The number of ketones is 1. The lowest BCUT2D eigenvalue weighted by Gasteiger charge is -2.26. The van der Waals surface area contributed by atoms with Crippen molar-refractivity contribution in [3.63, 3.8) is 0 Å². The fourth-order valence-electron chi connectivity index (χ4n) is 3.73. The zero-order chi connectivity index (χ0) is 22.0. The minimum Gasteiger partial charge on any atom is -0.507 e. The number of rotatable bonds is 5. The van der Waals surface area contributed by atoms with Gasteiger partial charge in [0.2, 0.25) is 0 Å². The van der Waals surface area contributed by atoms with E-state index in [0.29, 0.717) is 34.2 Å². The molecule has 1 atom stereocenters. The first-order valence-corrected chi connectivity index (χ1v) is 10.2. The first kappa shape index (κ1) is 20.7. The quantitative estimate of drug-likeness (QED) is 0.334. The van der Waals surface area contributed by atoms with Crippen molar-refractivity contribution < 1.29 is 19.4 Å². The Morgan fingerprint density at radius 2 is 1.74 bits per heavy atom. The summed E-state index contributed by atoms with van der Waals surface area (Å²) >= 11 is 6.16. The fourth-order valence-corrected chi connectivity index (χ4v) is 3.92. The Kier molecular flexibility index (Phi) is 5.78. The molecule has 1 aliphatic rings. The molecule has 3 aromatic carbocycles. The highest BCUT2D eigenvalue weighted by Crippen LogP contribution is 2.43. The van der Waals surface area contributed by atoms with Crippen LogP contribution in [0.3, 0.4) is 0 Å². The molecule has 1 amide bonds. The highest BCUT2D eigenvalue weighted by Gasteiger charge is 2.47.